The van der Waals surface area contributed by atoms with E-state index >= 15 is 0 Å². The largest absolute Gasteiger partial charge is 0.369 e. The number of carbonyl (C=O) groups excluding carboxylic acids is 1. The third-order valence-electron chi connectivity index (χ3n) is 2.50. The minimum absolute atomic E-state index is 0.0734. The highest BCUT2D eigenvalue weighted by Gasteiger charge is 2.31. The molecule has 2 heterocycles. The van der Waals surface area contributed by atoms with Crippen LogP contribution in [0.3, 0.4) is 0 Å². The zero-order valence-corrected chi connectivity index (χ0v) is 8.05. The number of primary amides is 1. The number of hydrogen-bond donors (Lipinski definition) is 1. The molecular formula is C10H10N4O. The van der Waals surface area contributed by atoms with Gasteiger partial charge in [0.05, 0.1) is 23.4 Å². The molecule has 0 saturated carbocycles. The summed E-state index contributed by atoms with van der Waals surface area (Å²) in [6.07, 6.45) is 3.19. The van der Waals surface area contributed by atoms with Gasteiger partial charge in [0.15, 0.2) is 0 Å². The molecule has 1 fully saturated rings. The number of rotatable bonds is 2. The Morgan fingerprint density at radius 1 is 1.60 bits per heavy atom. The van der Waals surface area contributed by atoms with Crippen LogP contribution >= 0.6 is 0 Å². The van der Waals surface area contributed by atoms with Crippen molar-refractivity contribution in [2.75, 3.05) is 18.0 Å². The second-order valence-electron chi connectivity index (χ2n) is 3.55. The van der Waals surface area contributed by atoms with Gasteiger partial charge in [0.25, 0.3) is 0 Å². The molecule has 76 valence electrons. The van der Waals surface area contributed by atoms with E-state index in [0.29, 0.717) is 18.7 Å². The average Bonchev–Trinajstić information content (AvgIpc) is 2.15. The van der Waals surface area contributed by atoms with E-state index in [-0.39, 0.29) is 11.8 Å². The van der Waals surface area contributed by atoms with Crippen LogP contribution in [0.15, 0.2) is 18.5 Å². The molecule has 0 spiro atoms. The summed E-state index contributed by atoms with van der Waals surface area (Å²) >= 11 is 0. The van der Waals surface area contributed by atoms with Crippen LogP contribution in [-0.4, -0.2) is 24.0 Å². The fraction of sp³-hybridized carbons (Fsp3) is 0.300. The van der Waals surface area contributed by atoms with E-state index in [9.17, 15) is 4.79 Å². The zero-order valence-electron chi connectivity index (χ0n) is 8.05. The zero-order chi connectivity index (χ0) is 10.8. The Labute approximate surface area is 87.1 Å². The summed E-state index contributed by atoms with van der Waals surface area (Å²) in [5.41, 5.74) is 6.55. The van der Waals surface area contributed by atoms with Crippen molar-refractivity contribution in [1.82, 2.24) is 4.98 Å². The lowest BCUT2D eigenvalue weighted by Crippen LogP contribution is -2.52. The third kappa shape index (κ3) is 1.74. The van der Waals surface area contributed by atoms with Gasteiger partial charge in [-0.1, -0.05) is 0 Å². The number of nitrogens with zero attached hydrogens (tertiary/aromatic N) is 3. The van der Waals surface area contributed by atoms with E-state index in [1.54, 1.807) is 12.3 Å². The average molecular weight is 202 g/mol. The lowest BCUT2D eigenvalue weighted by Gasteiger charge is -2.38. The van der Waals surface area contributed by atoms with Crippen LogP contribution in [0.1, 0.15) is 5.56 Å². The SMILES string of the molecule is N#Cc1cncc(N2CC(C(N)=O)C2)c1. The quantitative estimate of drug-likeness (QED) is 0.724. The van der Waals surface area contributed by atoms with Crippen molar-refractivity contribution in [3.63, 3.8) is 0 Å². The topological polar surface area (TPSA) is 83.0 Å². The van der Waals surface area contributed by atoms with Crippen LogP contribution in [0.25, 0.3) is 0 Å². The highest BCUT2D eigenvalue weighted by atomic mass is 16.1. The lowest BCUT2D eigenvalue weighted by atomic mass is 9.99. The van der Waals surface area contributed by atoms with Crippen LogP contribution in [0.4, 0.5) is 5.69 Å². The normalized spacial score (nSPS) is 15.5. The van der Waals surface area contributed by atoms with Gasteiger partial charge in [-0.25, -0.2) is 0 Å². The summed E-state index contributed by atoms with van der Waals surface area (Å²) in [6, 6.07) is 3.78. The second-order valence-corrected chi connectivity index (χ2v) is 3.55. The van der Waals surface area contributed by atoms with E-state index in [2.05, 4.69) is 4.98 Å². The molecule has 0 radical (unpaired) electrons. The van der Waals surface area contributed by atoms with Gasteiger partial charge in [0.1, 0.15) is 6.07 Å². The number of amides is 1. The van der Waals surface area contributed by atoms with Crippen LogP contribution in [-0.2, 0) is 4.79 Å². The van der Waals surface area contributed by atoms with Crippen molar-refractivity contribution in [2.24, 2.45) is 11.7 Å². The molecule has 1 saturated heterocycles. The number of aromatic nitrogens is 1. The highest BCUT2D eigenvalue weighted by molar-refractivity contribution is 5.80. The van der Waals surface area contributed by atoms with Crippen molar-refractivity contribution in [3.05, 3.63) is 24.0 Å². The molecular weight excluding hydrogens is 192 g/mol. The fourth-order valence-corrected chi connectivity index (χ4v) is 1.53. The van der Waals surface area contributed by atoms with Crippen LogP contribution < -0.4 is 10.6 Å². The fourth-order valence-electron chi connectivity index (χ4n) is 1.53. The Balaban J connectivity index is 2.07. The number of nitriles is 1. The molecule has 0 aliphatic carbocycles. The molecule has 1 aliphatic rings. The minimum Gasteiger partial charge on any atom is -0.369 e. The maximum Gasteiger partial charge on any atom is 0.224 e. The number of nitrogens with two attached hydrogens (primary N) is 1. The van der Waals surface area contributed by atoms with Gasteiger partial charge in [-0.2, -0.15) is 5.26 Å². The second kappa shape index (κ2) is 3.58. The molecule has 1 aromatic rings. The summed E-state index contributed by atoms with van der Waals surface area (Å²) in [5.74, 6) is -0.341. The van der Waals surface area contributed by atoms with Crippen LogP contribution in [0.2, 0.25) is 0 Å². The molecule has 5 heteroatoms. The summed E-state index contributed by atoms with van der Waals surface area (Å²) in [4.78, 5) is 16.7. The Kier molecular flexibility index (Phi) is 2.26. The molecule has 0 atom stereocenters. The Morgan fingerprint density at radius 3 is 2.93 bits per heavy atom. The summed E-state index contributed by atoms with van der Waals surface area (Å²) in [6.45, 7) is 1.23. The molecule has 1 aromatic heterocycles. The summed E-state index contributed by atoms with van der Waals surface area (Å²) < 4.78 is 0. The van der Waals surface area contributed by atoms with Crippen molar-refractivity contribution >= 4 is 11.6 Å². The van der Waals surface area contributed by atoms with Gasteiger partial charge < -0.3 is 10.6 Å². The van der Waals surface area contributed by atoms with Gasteiger partial charge in [0.2, 0.25) is 5.91 Å². The number of carbonyl (C=O) groups is 1. The van der Waals surface area contributed by atoms with Gasteiger partial charge >= 0.3 is 0 Å². The first-order valence-corrected chi connectivity index (χ1v) is 4.60. The van der Waals surface area contributed by atoms with Crippen molar-refractivity contribution in [2.45, 2.75) is 0 Å². The first kappa shape index (κ1) is 9.46. The van der Waals surface area contributed by atoms with E-state index < -0.39 is 0 Å². The Morgan fingerprint density at radius 2 is 2.33 bits per heavy atom. The van der Waals surface area contributed by atoms with Gasteiger partial charge in [-0.05, 0) is 6.07 Å². The van der Waals surface area contributed by atoms with E-state index in [4.69, 9.17) is 11.0 Å². The predicted octanol–water partition coefficient (Wildman–Crippen LogP) is -0.125. The maximum atomic E-state index is 10.8. The third-order valence-corrected chi connectivity index (χ3v) is 2.50. The first-order chi connectivity index (χ1) is 7.20. The molecule has 0 aromatic carbocycles. The predicted molar refractivity (Wildman–Crippen MR) is 53.8 cm³/mol. The molecule has 0 unspecified atom stereocenters. The summed E-state index contributed by atoms with van der Waals surface area (Å²) in [7, 11) is 0. The number of pyridine rings is 1. The van der Waals surface area contributed by atoms with Crippen LogP contribution in [0.5, 0.6) is 0 Å². The van der Waals surface area contributed by atoms with E-state index in [0.717, 1.165) is 5.69 Å². The van der Waals surface area contributed by atoms with Crippen LogP contribution in [0, 0.1) is 17.2 Å². The molecule has 1 amide bonds. The van der Waals surface area contributed by atoms with E-state index in [1.807, 2.05) is 11.0 Å². The van der Waals surface area contributed by atoms with Gasteiger partial charge in [0, 0.05) is 19.3 Å². The smallest absolute Gasteiger partial charge is 0.224 e. The summed E-state index contributed by atoms with van der Waals surface area (Å²) in [5, 5.41) is 8.69. The molecule has 5 nitrogen and oxygen atoms in total. The lowest BCUT2D eigenvalue weighted by molar-refractivity contribution is -0.122. The van der Waals surface area contributed by atoms with Gasteiger partial charge in [-0.3, -0.25) is 9.78 Å². The number of hydrogen-bond acceptors (Lipinski definition) is 4. The maximum absolute atomic E-state index is 10.8. The Hall–Kier alpha value is -2.09. The highest BCUT2D eigenvalue weighted by Crippen LogP contribution is 2.23. The minimum atomic E-state index is -0.268. The Bertz CT molecular complexity index is 431. The molecule has 0 bridgehead atoms. The monoisotopic (exact) mass is 202 g/mol. The van der Waals surface area contributed by atoms with Crippen molar-refractivity contribution in [1.29, 1.82) is 5.26 Å². The van der Waals surface area contributed by atoms with Crippen molar-refractivity contribution in [3.8, 4) is 6.07 Å². The first-order valence-electron chi connectivity index (χ1n) is 4.60. The standard InChI is InChI=1S/C10H10N4O/c11-2-7-1-9(4-13-3-7)14-5-8(6-14)10(12)15/h1,3-4,8H,5-6H2,(H2,12,15). The van der Waals surface area contributed by atoms with E-state index in [1.165, 1.54) is 6.20 Å². The number of anilines is 1. The molecule has 2 N–H and O–H groups in total. The van der Waals surface area contributed by atoms with Gasteiger partial charge in [-0.15, -0.1) is 0 Å². The molecule has 2 rings (SSSR count). The van der Waals surface area contributed by atoms with Crippen molar-refractivity contribution < 1.29 is 4.79 Å². The molecule has 1 aliphatic heterocycles. The molecule has 15 heavy (non-hydrogen) atoms.